The number of hydrogen-bond donors (Lipinski definition) is 1. The minimum atomic E-state index is -3.74. The Bertz CT molecular complexity index is 830. The minimum Gasteiger partial charge on any atom is -0.490 e. The van der Waals surface area contributed by atoms with Crippen LogP contribution < -0.4 is 9.46 Å². The number of imidazole rings is 1. The first-order valence-electron chi connectivity index (χ1n) is 7.81. The van der Waals surface area contributed by atoms with E-state index in [-0.39, 0.29) is 31.2 Å². The number of nitrogens with one attached hydrogen (secondary N) is 1. The molecule has 0 bridgehead atoms. The average Bonchev–Trinajstić information content (AvgIpc) is 2.93. The number of ether oxygens (including phenoxy) is 2. The molecule has 1 N–H and O–H groups in total. The summed E-state index contributed by atoms with van der Waals surface area (Å²) >= 11 is 3.33. The maximum Gasteiger partial charge on any atom is 0.307 e. The van der Waals surface area contributed by atoms with Gasteiger partial charge in [-0.3, -0.25) is 4.79 Å². The quantitative estimate of drug-likeness (QED) is 0.466. The number of sulfonamides is 1. The lowest BCUT2D eigenvalue weighted by atomic mass is 10.3. The van der Waals surface area contributed by atoms with E-state index in [0.717, 1.165) is 4.47 Å². The van der Waals surface area contributed by atoms with Crippen LogP contribution in [0.15, 0.2) is 40.0 Å². The molecule has 0 amide bonds. The number of halogens is 1. The van der Waals surface area contributed by atoms with Gasteiger partial charge in [0, 0.05) is 24.3 Å². The molecule has 0 aliphatic carbocycles. The van der Waals surface area contributed by atoms with Crippen molar-refractivity contribution < 1.29 is 22.7 Å². The second kappa shape index (κ2) is 9.15. The molecule has 0 atom stereocenters. The van der Waals surface area contributed by atoms with Gasteiger partial charge in [-0.05, 0) is 31.2 Å². The van der Waals surface area contributed by atoms with Crippen molar-refractivity contribution in [2.45, 2.75) is 18.4 Å². The van der Waals surface area contributed by atoms with Gasteiger partial charge >= 0.3 is 5.97 Å². The summed E-state index contributed by atoms with van der Waals surface area (Å²) < 4.78 is 39.4. The minimum absolute atomic E-state index is 0.0651. The summed E-state index contributed by atoms with van der Waals surface area (Å²) in [5.74, 6) is 0.738. The summed E-state index contributed by atoms with van der Waals surface area (Å²) in [5, 5.41) is -0.0752. The van der Waals surface area contributed by atoms with E-state index in [2.05, 4.69) is 25.6 Å². The zero-order valence-electron chi connectivity index (χ0n) is 14.4. The smallest absolute Gasteiger partial charge is 0.307 e. The Labute approximate surface area is 160 Å². The van der Waals surface area contributed by atoms with Gasteiger partial charge < -0.3 is 14.0 Å². The first-order valence-corrected chi connectivity index (χ1v) is 10.1. The van der Waals surface area contributed by atoms with Crippen LogP contribution in [0, 0.1) is 6.92 Å². The van der Waals surface area contributed by atoms with Gasteiger partial charge in [0.15, 0.2) is 5.03 Å². The highest BCUT2D eigenvalue weighted by Crippen LogP contribution is 2.15. The summed E-state index contributed by atoms with van der Waals surface area (Å²) in [6.07, 6.45) is 1.33. The Kier molecular flexibility index (Phi) is 7.18. The fourth-order valence-electron chi connectivity index (χ4n) is 1.94. The van der Waals surface area contributed by atoms with Gasteiger partial charge in [0.1, 0.15) is 24.8 Å². The van der Waals surface area contributed by atoms with Crippen LogP contribution in [0.4, 0.5) is 0 Å². The second-order valence-electron chi connectivity index (χ2n) is 5.41. The maximum absolute atomic E-state index is 12.1. The van der Waals surface area contributed by atoms with Gasteiger partial charge in [-0.2, -0.15) is 0 Å². The van der Waals surface area contributed by atoms with E-state index in [9.17, 15) is 13.2 Å². The Morgan fingerprint density at radius 1 is 1.27 bits per heavy atom. The van der Waals surface area contributed by atoms with E-state index in [4.69, 9.17) is 9.47 Å². The SMILES string of the molecule is Cc1nc(S(=O)(=O)NCCC(=O)OCCOc2ccc(Br)cc2)cn1C. The van der Waals surface area contributed by atoms with Crippen molar-refractivity contribution >= 4 is 31.9 Å². The lowest BCUT2D eigenvalue weighted by Crippen LogP contribution is -2.27. The van der Waals surface area contributed by atoms with E-state index in [1.54, 1.807) is 30.7 Å². The van der Waals surface area contributed by atoms with Crippen LogP contribution in [0.2, 0.25) is 0 Å². The molecule has 8 nitrogen and oxygen atoms in total. The third kappa shape index (κ3) is 6.11. The third-order valence-corrected chi connectivity index (χ3v) is 5.27. The molecule has 10 heteroatoms. The molecule has 0 saturated carbocycles. The molecule has 1 aromatic heterocycles. The van der Waals surface area contributed by atoms with Crippen molar-refractivity contribution in [1.29, 1.82) is 0 Å². The molecular formula is C16H20BrN3O5S. The van der Waals surface area contributed by atoms with Crippen molar-refractivity contribution in [2.75, 3.05) is 19.8 Å². The molecule has 0 unspecified atom stereocenters. The summed E-state index contributed by atoms with van der Waals surface area (Å²) in [7, 11) is -2.04. The summed E-state index contributed by atoms with van der Waals surface area (Å²) in [4.78, 5) is 15.6. The van der Waals surface area contributed by atoms with Crippen LogP contribution in [0.25, 0.3) is 0 Å². The van der Waals surface area contributed by atoms with Crippen LogP contribution in [0.5, 0.6) is 5.75 Å². The number of benzene rings is 1. The standard InChI is InChI=1S/C16H20BrN3O5S/c1-12-19-15(11-20(12)2)26(22,23)18-8-7-16(21)25-10-9-24-14-5-3-13(17)4-6-14/h3-6,11,18H,7-10H2,1-2H3. The Balaban J connectivity index is 1.66. The topological polar surface area (TPSA) is 99.5 Å². The lowest BCUT2D eigenvalue weighted by molar-refractivity contribution is -0.144. The second-order valence-corrected chi connectivity index (χ2v) is 8.04. The molecule has 1 aromatic carbocycles. The number of esters is 1. The fraction of sp³-hybridized carbons (Fsp3) is 0.375. The van der Waals surface area contributed by atoms with Crippen molar-refractivity contribution in [1.82, 2.24) is 14.3 Å². The Morgan fingerprint density at radius 2 is 1.96 bits per heavy atom. The molecule has 2 rings (SSSR count). The number of carbonyl (C=O) groups excluding carboxylic acids is 1. The summed E-state index contributed by atoms with van der Waals surface area (Å²) in [5.41, 5.74) is 0. The third-order valence-electron chi connectivity index (χ3n) is 3.41. The molecule has 0 radical (unpaired) electrons. The molecule has 142 valence electrons. The van der Waals surface area contributed by atoms with E-state index >= 15 is 0 Å². The highest BCUT2D eigenvalue weighted by Gasteiger charge is 2.18. The van der Waals surface area contributed by atoms with Crippen molar-refractivity contribution in [3.05, 3.63) is 40.8 Å². The highest BCUT2D eigenvalue weighted by molar-refractivity contribution is 9.10. The molecule has 2 aromatic rings. The molecular weight excluding hydrogens is 426 g/mol. The number of nitrogens with zero attached hydrogens (tertiary/aromatic N) is 2. The normalized spacial score (nSPS) is 11.3. The van der Waals surface area contributed by atoms with Gasteiger partial charge in [-0.1, -0.05) is 15.9 Å². The van der Waals surface area contributed by atoms with E-state index < -0.39 is 16.0 Å². The van der Waals surface area contributed by atoms with Crippen LogP contribution in [0.1, 0.15) is 12.2 Å². The predicted octanol–water partition coefficient (Wildman–Crippen LogP) is 1.78. The predicted molar refractivity (Wildman–Crippen MR) is 98.3 cm³/mol. The molecule has 0 fully saturated rings. The van der Waals surface area contributed by atoms with E-state index in [1.165, 1.54) is 6.20 Å². The van der Waals surface area contributed by atoms with Crippen molar-refractivity contribution in [2.24, 2.45) is 7.05 Å². The number of rotatable bonds is 9. The van der Waals surface area contributed by atoms with Crippen molar-refractivity contribution in [3.63, 3.8) is 0 Å². The Morgan fingerprint density at radius 3 is 2.58 bits per heavy atom. The lowest BCUT2D eigenvalue weighted by Gasteiger charge is -2.08. The molecule has 0 aliphatic rings. The highest BCUT2D eigenvalue weighted by atomic mass is 79.9. The maximum atomic E-state index is 12.1. The van der Waals surface area contributed by atoms with Crippen LogP contribution >= 0.6 is 15.9 Å². The summed E-state index contributed by atoms with van der Waals surface area (Å²) in [6.45, 7) is 1.94. The Hall–Kier alpha value is -1.91. The number of aromatic nitrogens is 2. The largest absolute Gasteiger partial charge is 0.490 e. The van der Waals surface area contributed by atoms with E-state index in [0.29, 0.717) is 11.6 Å². The molecule has 1 heterocycles. The van der Waals surface area contributed by atoms with Crippen LogP contribution in [-0.4, -0.2) is 43.7 Å². The first kappa shape index (κ1) is 20.4. The molecule has 0 saturated heterocycles. The van der Waals surface area contributed by atoms with Gasteiger partial charge in [-0.25, -0.2) is 18.1 Å². The van der Waals surface area contributed by atoms with Crippen molar-refractivity contribution in [3.8, 4) is 5.75 Å². The van der Waals surface area contributed by atoms with Crippen LogP contribution in [0.3, 0.4) is 0 Å². The molecule has 0 spiro atoms. The molecule has 0 aliphatic heterocycles. The monoisotopic (exact) mass is 445 g/mol. The fourth-order valence-corrected chi connectivity index (χ4v) is 3.27. The van der Waals surface area contributed by atoms with Crippen LogP contribution in [-0.2, 0) is 26.6 Å². The average molecular weight is 446 g/mol. The van der Waals surface area contributed by atoms with E-state index in [1.807, 2.05) is 12.1 Å². The van der Waals surface area contributed by atoms with Gasteiger partial charge in [0.25, 0.3) is 10.0 Å². The zero-order valence-corrected chi connectivity index (χ0v) is 16.8. The molecule has 26 heavy (non-hydrogen) atoms. The van der Waals surface area contributed by atoms with Gasteiger partial charge in [-0.15, -0.1) is 0 Å². The first-order chi connectivity index (χ1) is 12.3. The summed E-state index contributed by atoms with van der Waals surface area (Å²) in [6, 6.07) is 7.27. The number of aryl methyl sites for hydroxylation is 2. The number of hydrogen-bond acceptors (Lipinski definition) is 6. The van der Waals surface area contributed by atoms with Gasteiger partial charge in [0.05, 0.1) is 6.42 Å². The van der Waals surface area contributed by atoms with Gasteiger partial charge in [0.2, 0.25) is 0 Å². The number of carbonyl (C=O) groups is 1. The zero-order chi connectivity index (χ0) is 19.2.